The van der Waals surface area contributed by atoms with Crippen molar-refractivity contribution in [2.24, 2.45) is 0 Å². The highest BCUT2D eigenvalue weighted by atomic mass is 16.5. The molecule has 0 saturated carbocycles. The first-order chi connectivity index (χ1) is 6.83. The summed E-state index contributed by atoms with van der Waals surface area (Å²) in [6.07, 6.45) is 3.70. The summed E-state index contributed by atoms with van der Waals surface area (Å²) in [6.45, 7) is 1.96. The lowest BCUT2D eigenvalue weighted by Crippen LogP contribution is -1.98. The van der Waals surface area contributed by atoms with E-state index in [-0.39, 0.29) is 0 Å². The van der Waals surface area contributed by atoms with Crippen molar-refractivity contribution in [2.45, 2.75) is 6.92 Å². The van der Waals surface area contributed by atoms with Crippen molar-refractivity contribution < 1.29 is 4.74 Å². The second-order valence-electron chi connectivity index (χ2n) is 3.02. The van der Waals surface area contributed by atoms with Gasteiger partial charge in [0, 0.05) is 12.4 Å². The zero-order chi connectivity index (χ0) is 9.97. The summed E-state index contributed by atoms with van der Waals surface area (Å²) in [6, 6.07) is 7.88. The number of nitrogens with zero attached hydrogens (tertiary/aromatic N) is 2. The zero-order valence-electron chi connectivity index (χ0n) is 8.27. The van der Waals surface area contributed by atoms with Gasteiger partial charge in [0.05, 0.1) is 12.8 Å². The van der Waals surface area contributed by atoms with Crippen LogP contribution in [0, 0.1) is 6.92 Å². The Morgan fingerprint density at radius 3 is 2.71 bits per heavy atom. The summed E-state index contributed by atoms with van der Waals surface area (Å²) >= 11 is 0. The highest BCUT2D eigenvalue weighted by Crippen LogP contribution is 2.22. The molecule has 0 fully saturated rings. The van der Waals surface area contributed by atoms with E-state index in [2.05, 4.69) is 4.98 Å². The monoisotopic (exact) mass is 188 g/mol. The Balaban J connectivity index is 2.56. The summed E-state index contributed by atoms with van der Waals surface area (Å²) in [4.78, 5) is 4.18. The second-order valence-corrected chi connectivity index (χ2v) is 3.02. The van der Waals surface area contributed by atoms with Crippen molar-refractivity contribution >= 4 is 0 Å². The number of imidazole rings is 1. The molecule has 0 radical (unpaired) electrons. The maximum absolute atomic E-state index is 5.28. The Kier molecular flexibility index (Phi) is 2.23. The molecule has 3 nitrogen and oxygen atoms in total. The maximum atomic E-state index is 5.28. The first-order valence-corrected chi connectivity index (χ1v) is 4.46. The van der Waals surface area contributed by atoms with Crippen LogP contribution in [0.1, 0.15) is 5.82 Å². The van der Waals surface area contributed by atoms with E-state index in [1.165, 1.54) is 0 Å². The quantitative estimate of drug-likeness (QED) is 0.722. The average Bonchev–Trinajstić information content (AvgIpc) is 2.64. The van der Waals surface area contributed by atoms with E-state index in [9.17, 15) is 0 Å². The third-order valence-electron chi connectivity index (χ3n) is 2.17. The summed E-state index contributed by atoms with van der Waals surface area (Å²) in [5.74, 6) is 1.81. The average molecular weight is 188 g/mol. The summed E-state index contributed by atoms with van der Waals surface area (Å²) in [5, 5.41) is 0. The molecule has 0 atom stereocenters. The van der Waals surface area contributed by atoms with Crippen LogP contribution in [0.2, 0.25) is 0 Å². The first kappa shape index (κ1) is 8.81. The molecular weight excluding hydrogens is 176 g/mol. The molecule has 1 heterocycles. The number of hydrogen-bond acceptors (Lipinski definition) is 2. The van der Waals surface area contributed by atoms with Crippen molar-refractivity contribution in [3.63, 3.8) is 0 Å². The maximum Gasteiger partial charge on any atom is 0.142 e. The Labute approximate surface area is 83.0 Å². The molecule has 0 bridgehead atoms. The molecule has 1 aromatic carbocycles. The largest absolute Gasteiger partial charge is 0.495 e. The van der Waals surface area contributed by atoms with Crippen LogP contribution in [-0.4, -0.2) is 16.7 Å². The molecule has 0 aliphatic heterocycles. The zero-order valence-corrected chi connectivity index (χ0v) is 8.27. The summed E-state index contributed by atoms with van der Waals surface area (Å²) in [7, 11) is 1.67. The normalized spacial score (nSPS) is 10.1. The Bertz CT molecular complexity index is 434. The molecule has 14 heavy (non-hydrogen) atoms. The molecule has 0 saturated heterocycles. The molecule has 3 heteroatoms. The van der Waals surface area contributed by atoms with Crippen LogP contribution in [0.15, 0.2) is 36.7 Å². The SMILES string of the molecule is COc1ccccc1-n1ccnc1C. The van der Waals surface area contributed by atoms with Gasteiger partial charge in [0.25, 0.3) is 0 Å². The summed E-state index contributed by atoms with van der Waals surface area (Å²) in [5.41, 5.74) is 1.02. The number of aromatic nitrogens is 2. The van der Waals surface area contributed by atoms with Crippen LogP contribution in [0.5, 0.6) is 5.75 Å². The lowest BCUT2D eigenvalue weighted by Gasteiger charge is -2.09. The van der Waals surface area contributed by atoms with Crippen molar-refractivity contribution in [1.29, 1.82) is 0 Å². The molecule has 1 aromatic heterocycles. The van der Waals surface area contributed by atoms with Gasteiger partial charge in [-0.25, -0.2) is 4.98 Å². The highest BCUT2D eigenvalue weighted by Gasteiger charge is 2.05. The Morgan fingerprint density at radius 2 is 2.07 bits per heavy atom. The number of rotatable bonds is 2. The topological polar surface area (TPSA) is 27.1 Å². The van der Waals surface area contributed by atoms with Crippen LogP contribution < -0.4 is 4.74 Å². The molecule has 0 spiro atoms. The minimum atomic E-state index is 0.855. The Morgan fingerprint density at radius 1 is 1.29 bits per heavy atom. The third-order valence-corrected chi connectivity index (χ3v) is 2.17. The lowest BCUT2D eigenvalue weighted by molar-refractivity contribution is 0.412. The van der Waals surface area contributed by atoms with E-state index in [0.717, 1.165) is 17.3 Å². The molecule has 0 amide bonds. The van der Waals surface area contributed by atoms with E-state index in [0.29, 0.717) is 0 Å². The highest BCUT2D eigenvalue weighted by molar-refractivity contribution is 5.47. The molecule has 72 valence electrons. The number of para-hydroxylation sites is 2. The molecule has 0 aliphatic carbocycles. The third kappa shape index (κ3) is 1.37. The van der Waals surface area contributed by atoms with Gasteiger partial charge in [0.15, 0.2) is 0 Å². The number of aryl methyl sites for hydroxylation is 1. The summed E-state index contributed by atoms with van der Waals surface area (Å²) < 4.78 is 7.27. The van der Waals surface area contributed by atoms with Gasteiger partial charge in [0.2, 0.25) is 0 Å². The van der Waals surface area contributed by atoms with Crippen LogP contribution in [0.3, 0.4) is 0 Å². The van der Waals surface area contributed by atoms with Gasteiger partial charge in [-0.15, -0.1) is 0 Å². The van der Waals surface area contributed by atoms with Gasteiger partial charge in [-0.1, -0.05) is 12.1 Å². The number of methoxy groups -OCH3 is 1. The molecule has 0 N–H and O–H groups in total. The van der Waals surface area contributed by atoms with Gasteiger partial charge in [-0.2, -0.15) is 0 Å². The van der Waals surface area contributed by atoms with E-state index < -0.39 is 0 Å². The fourth-order valence-electron chi connectivity index (χ4n) is 1.46. The van der Waals surface area contributed by atoms with Crippen molar-refractivity contribution in [2.75, 3.05) is 7.11 Å². The molecule has 0 aliphatic rings. The van der Waals surface area contributed by atoms with E-state index in [1.54, 1.807) is 13.3 Å². The fraction of sp³-hybridized carbons (Fsp3) is 0.182. The minimum absolute atomic E-state index is 0.855. The van der Waals surface area contributed by atoms with Gasteiger partial charge in [-0.05, 0) is 19.1 Å². The van der Waals surface area contributed by atoms with Crippen molar-refractivity contribution in [1.82, 2.24) is 9.55 Å². The van der Waals surface area contributed by atoms with Gasteiger partial charge < -0.3 is 9.30 Å². The van der Waals surface area contributed by atoms with Crippen LogP contribution in [0.4, 0.5) is 0 Å². The van der Waals surface area contributed by atoms with E-state index >= 15 is 0 Å². The number of hydrogen-bond donors (Lipinski definition) is 0. The number of benzene rings is 1. The van der Waals surface area contributed by atoms with E-state index in [4.69, 9.17) is 4.74 Å². The van der Waals surface area contributed by atoms with Gasteiger partial charge in [0.1, 0.15) is 11.6 Å². The van der Waals surface area contributed by atoms with E-state index in [1.807, 2.05) is 42.0 Å². The predicted molar refractivity (Wildman–Crippen MR) is 54.9 cm³/mol. The molecular formula is C11H12N2O. The fourth-order valence-corrected chi connectivity index (χ4v) is 1.46. The Hall–Kier alpha value is -1.77. The van der Waals surface area contributed by atoms with Crippen LogP contribution in [-0.2, 0) is 0 Å². The van der Waals surface area contributed by atoms with Gasteiger partial charge in [-0.3, -0.25) is 0 Å². The predicted octanol–water partition coefficient (Wildman–Crippen LogP) is 2.19. The molecule has 2 aromatic rings. The molecule has 0 unspecified atom stereocenters. The molecule has 2 rings (SSSR count). The smallest absolute Gasteiger partial charge is 0.142 e. The minimum Gasteiger partial charge on any atom is -0.495 e. The van der Waals surface area contributed by atoms with Crippen LogP contribution in [0.25, 0.3) is 5.69 Å². The number of ether oxygens (including phenoxy) is 1. The standard InChI is InChI=1S/C11H12N2O/c1-9-12-7-8-13(9)10-5-3-4-6-11(10)14-2/h3-8H,1-2H3. The van der Waals surface area contributed by atoms with Crippen molar-refractivity contribution in [3.05, 3.63) is 42.5 Å². The second kappa shape index (κ2) is 3.54. The van der Waals surface area contributed by atoms with Crippen LogP contribution >= 0.6 is 0 Å². The lowest BCUT2D eigenvalue weighted by atomic mass is 10.3. The first-order valence-electron chi connectivity index (χ1n) is 4.46. The van der Waals surface area contributed by atoms with Crippen molar-refractivity contribution in [3.8, 4) is 11.4 Å². The van der Waals surface area contributed by atoms with Gasteiger partial charge >= 0.3 is 0 Å².